The number of unbranched alkanes of at least 4 members (excludes halogenated alkanes) is 1. The van der Waals surface area contributed by atoms with Crippen LogP contribution in [0.25, 0.3) is 0 Å². The molecule has 2 heterocycles. The standard InChI is InChI=1S/C30H50O2/c1-23(2)13-12-22-30(8)28(32-30)21-19-25(4)15-10-9-14-24(3)16-11-17-26(5)18-20-27-29(6,7)31-27/h13-15,17,27-28H,9-12,16,18-22H2,1-8H3/b24-14+,25-15+,26-17+/t27-,28+,30-/m1/s1. The Balaban J connectivity index is 1.54. The lowest BCUT2D eigenvalue weighted by Gasteiger charge is -2.05. The van der Waals surface area contributed by atoms with Gasteiger partial charge in [0.15, 0.2) is 0 Å². The normalized spacial score (nSPS) is 27.4. The lowest BCUT2D eigenvalue weighted by Crippen LogP contribution is -2.09. The van der Waals surface area contributed by atoms with Crippen LogP contribution in [0.2, 0.25) is 0 Å². The van der Waals surface area contributed by atoms with Crippen molar-refractivity contribution in [1.29, 1.82) is 0 Å². The lowest BCUT2D eigenvalue weighted by atomic mass is 9.96. The second-order valence-electron chi connectivity index (χ2n) is 11.3. The Morgan fingerprint density at radius 1 is 0.625 bits per heavy atom. The SMILES string of the molecule is CC(C)=CCC[C@@]1(C)O[C@H]1CC/C(C)=C/CC/C=C(\C)CC/C=C(\C)CC[C@H]1OC1(C)C. The van der Waals surface area contributed by atoms with E-state index in [2.05, 4.69) is 79.7 Å². The van der Waals surface area contributed by atoms with E-state index in [0.29, 0.717) is 12.2 Å². The average Bonchev–Trinajstić information content (AvgIpc) is 3.55. The predicted octanol–water partition coefficient (Wildman–Crippen LogP) is 9.03. The van der Waals surface area contributed by atoms with Gasteiger partial charge in [-0.25, -0.2) is 0 Å². The van der Waals surface area contributed by atoms with Gasteiger partial charge >= 0.3 is 0 Å². The smallest absolute Gasteiger partial charge is 0.0923 e. The summed E-state index contributed by atoms with van der Waals surface area (Å²) in [6.07, 6.45) is 22.1. The molecule has 182 valence electrons. The number of ether oxygens (including phenoxy) is 2. The largest absolute Gasteiger partial charge is 0.367 e. The summed E-state index contributed by atoms with van der Waals surface area (Å²) in [5, 5.41) is 0. The minimum absolute atomic E-state index is 0.126. The molecule has 2 aliphatic heterocycles. The third-order valence-electron chi connectivity index (χ3n) is 7.18. The van der Waals surface area contributed by atoms with Crippen molar-refractivity contribution >= 4 is 0 Å². The molecule has 2 heteroatoms. The Labute approximate surface area is 199 Å². The van der Waals surface area contributed by atoms with E-state index in [-0.39, 0.29) is 11.2 Å². The van der Waals surface area contributed by atoms with Crippen molar-refractivity contribution in [2.75, 3.05) is 0 Å². The van der Waals surface area contributed by atoms with Crippen LogP contribution in [-0.4, -0.2) is 23.4 Å². The molecule has 2 aliphatic rings. The lowest BCUT2D eigenvalue weighted by molar-refractivity contribution is 0.295. The minimum Gasteiger partial charge on any atom is -0.367 e. The molecule has 0 aromatic carbocycles. The fourth-order valence-electron chi connectivity index (χ4n) is 4.49. The predicted molar refractivity (Wildman–Crippen MR) is 139 cm³/mol. The number of epoxide rings is 2. The first-order valence-electron chi connectivity index (χ1n) is 13.0. The summed E-state index contributed by atoms with van der Waals surface area (Å²) >= 11 is 0. The van der Waals surface area contributed by atoms with E-state index < -0.39 is 0 Å². The summed E-state index contributed by atoms with van der Waals surface area (Å²) in [6, 6.07) is 0. The zero-order valence-corrected chi connectivity index (χ0v) is 22.4. The molecular weight excluding hydrogens is 392 g/mol. The third kappa shape index (κ3) is 10.2. The molecule has 3 atom stereocenters. The highest BCUT2D eigenvalue weighted by Gasteiger charge is 2.50. The van der Waals surface area contributed by atoms with Gasteiger partial charge in [-0.15, -0.1) is 0 Å². The monoisotopic (exact) mass is 442 g/mol. The fraction of sp³-hybridized carbons (Fsp3) is 0.733. The van der Waals surface area contributed by atoms with Gasteiger partial charge in [0.1, 0.15) is 0 Å². The van der Waals surface area contributed by atoms with Gasteiger partial charge in [-0.3, -0.25) is 0 Å². The molecule has 32 heavy (non-hydrogen) atoms. The van der Waals surface area contributed by atoms with E-state index in [1.165, 1.54) is 48.0 Å². The molecule has 0 spiro atoms. The summed E-state index contributed by atoms with van der Waals surface area (Å²) < 4.78 is 11.7. The molecule has 2 nitrogen and oxygen atoms in total. The van der Waals surface area contributed by atoms with Crippen molar-refractivity contribution in [1.82, 2.24) is 0 Å². The summed E-state index contributed by atoms with van der Waals surface area (Å²) in [4.78, 5) is 0. The van der Waals surface area contributed by atoms with Crippen LogP contribution in [0, 0.1) is 0 Å². The van der Waals surface area contributed by atoms with Gasteiger partial charge < -0.3 is 9.47 Å². The molecule has 0 radical (unpaired) electrons. The summed E-state index contributed by atoms with van der Waals surface area (Å²) in [6.45, 7) is 17.8. The first kappa shape index (κ1) is 27.1. The topological polar surface area (TPSA) is 25.1 Å². The van der Waals surface area contributed by atoms with E-state index >= 15 is 0 Å². The maximum absolute atomic E-state index is 6.01. The molecule has 2 saturated heterocycles. The molecule has 2 rings (SSSR count). The highest BCUT2D eigenvalue weighted by Crippen LogP contribution is 2.43. The average molecular weight is 443 g/mol. The molecule has 0 N–H and O–H groups in total. The minimum atomic E-state index is 0.126. The van der Waals surface area contributed by atoms with E-state index in [9.17, 15) is 0 Å². The van der Waals surface area contributed by atoms with Crippen LogP contribution in [0.4, 0.5) is 0 Å². The maximum atomic E-state index is 6.01. The Kier molecular flexibility index (Phi) is 10.5. The molecule has 0 aliphatic carbocycles. The zero-order chi connectivity index (χ0) is 23.8. The molecule has 0 bridgehead atoms. The molecule has 0 aromatic heterocycles. The van der Waals surface area contributed by atoms with E-state index in [0.717, 1.165) is 38.5 Å². The maximum Gasteiger partial charge on any atom is 0.0923 e. The van der Waals surface area contributed by atoms with Gasteiger partial charge in [0, 0.05) is 0 Å². The van der Waals surface area contributed by atoms with Gasteiger partial charge in [-0.05, 0) is 120 Å². The van der Waals surface area contributed by atoms with Crippen molar-refractivity contribution in [3.63, 3.8) is 0 Å². The molecule has 0 unspecified atom stereocenters. The van der Waals surface area contributed by atoms with Gasteiger partial charge in [0.2, 0.25) is 0 Å². The van der Waals surface area contributed by atoms with Crippen LogP contribution >= 0.6 is 0 Å². The highest BCUT2D eigenvalue weighted by molar-refractivity contribution is 5.08. The van der Waals surface area contributed by atoms with E-state index in [1.54, 1.807) is 0 Å². The van der Waals surface area contributed by atoms with Crippen LogP contribution in [0.5, 0.6) is 0 Å². The van der Waals surface area contributed by atoms with Crippen molar-refractivity contribution in [2.24, 2.45) is 0 Å². The van der Waals surface area contributed by atoms with Crippen molar-refractivity contribution < 1.29 is 9.47 Å². The number of allylic oxidation sites excluding steroid dienone is 8. The first-order valence-corrected chi connectivity index (χ1v) is 13.0. The Bertz CT molecular complexity index is 717. The molecule has 0 amide bonds. The van der Waals surface area contributed by atoms with Gasteiger partial charge in [0.05, 0.1) is 23.4 Å². The molecule has 0 saturated carbocycles. The van der Waals surface area contributed by atoms with Crippen molar-refractivity contribution in [3.05, 3.63) is 46.6 Å². The molecular formula is C30H50O2. The van der Waals surface area contributed by atoms with Crippen LogP contribution < -0.4 is 0 Å². The van der Waals surface area contributed by atoms with Crippen molar-refractivity contribution in [3.8, 4) is 0 Å². The van der Waals surface area contributed by atoms with E-state index in [4.69, 9.17) is 9.47 Å². The summed E-state index contributed by atoms with van der Waals surface area (Å²) in [5.74, 6) is 0. The number of hydrogen-bond donors (Lipinski definition) is 0. The van der Waals surface area contributed by atoms with Crippen LogP contribution in [-0.2, 0) is 9.47 Å². The highest BCUT2D eigenvalue weighted by atomic mass is 16.6. The van der Waals surface area contributed by atoms with Crippen molar-refractivity contribution in [2.45, 2.75) is 143 Å². The van der Waals surface area contributed by atoms with Gasteiger partial charge in [-0.2, -0.15) is 0 Å². The second-order valence-corrected chi connectivity index (χ2v) is 11.3. The van der Waals surface area contributed by atoms with Crippen LogP contribution in [0.3, 0.4) is 0 Å². The van der Waals surface area contributed by atoms with Crippen LogP contribution in [0.15, 0.2) is 46.6 Å². The summed E-state index contributed by atoms with van der Waals surface area (Å²) in [7, 11) is 0. The summed E-state index contributed by atoms with van der Waals surface area (Å²) in [5.41, 5.74) is 6.20. The number of rotatable bonds is 15. The Hall–Kier alpha value is -1.12. The Morgan fingerprint density at radius 2 is 1.12 bits per heavy atom. The Morgan fingerprint density at radius 3 is 1.66 bits per heavy atom. The number of hydrogen-bond acceptors (Lipinski definition) is 2. The molecule has 2 fully saturated rings. The fourth-order valence-corrected chi connectivity index (χ4v) is 4.49. The second kappa shape index (κ2) is 12.4. The van der Waals surface area contributed by atoms with Gasteiger partial charge in [0.25, 0.3) is 0 Å². The first-order chi connectivity index (χ1) is 15.0. The van der Waals surface area contributed by atoms with Gasteiger partial charge in [-0.1, -0.05) is 46.6 Å². The molecule has 0 aromatic rings. The zero-order valence-electron chi connectivity index (χ0n) is 22.4. The van der Waals surface area contributed by atoms with Crippen LogP contribution in [0.1, 0.15) is 120 Å². The van der Waals surface area contributed by atoms with E-state index in [1.807, 2.05) is 0 Å². The quantitative estimate of drug-likeness (QED) is 0.143. The third-order valence-corrected chi connectivity index (χ3v) is 7.18.